The van der Waals surface area contributed by atoms with E-state index in [1.165, 1.54) is 18.2 Å². The summed E-state index contributed by atoms with van der Waals surface area (Å²) in [5.41, 5.74) is 0.984. The number of rotatable bonds is 3. The van der Waals surface area contributed by atoms with Gasteiger partial charge in [0.2, 0.25) is 0 Å². The Morgan fingerprint density at radius 3 is 2.83 bits per heavy atom. The third-order valence-corrected chi connectivity index (χ3v) is 1.61. The first-order valence-corrected chi connectivity index (χ1v) is 3.62. The lowest BCUT2D eigenvalue weighted by Gasteiger charge is -2.01. The fourth-order valence-electron chi connectivity index (χ4n) is 1.03. The van der Waals surface area contributed by atoms with Crippen LogP contribution in [0, 0.1) is 5.82 Å². The van der Waals surface area contributed by atoms with Crippen molar-refractivity contribution in [1.82, 2.24) is 0 Å². The number of hydrogen-bond donors (Lipinski definition) is 1. The van der Waals surface area contributed by atoms with Gasteiger partial charge in [-0.15, -0.1) is 0 Å². The molecular weight excluding hydrogens is 159 g/mol. The zero-order valence-corrected chi connectivity index (χ0v) is 6.46. The van der Waals surface area contributed by atoms with Gasteiger partial charge in [-0.3, -0.25) is 4.79 Å². The van der Waals surface area contributed by atoms with Crippen LogP contribution in [0.5, 0.6) is 0 Å². The zero-order chi connectivity index (χ0) is 8.97. The van der Waals surface area contributed by atoms with Gasteiger partial charge < -0.3 is 5.11 Å². The lowest BCUT2D eigenvalue weighted by Crippen LogP contribution is -1.97. The molecule has 12 heavy (non-hydrogen) atoms. The van der Waals surface area contributed by atoms with Gasteiger partial charge in [-0.25, -0.2) is 4.39 Å². The summed E-state index contributed by atoms with van der Waals surface area (Å²) in [7, 11) is 0. The maximum absolute atomic E-state index is 12.6. The predicted molar refractivity (Wildman–Crippen MR) is 42.6 cm³/mol. The zero-order valence-electron chi connectivity index (χ0n) is 6.46. The van der Waals surface area contributed by atoms with E-state index in [-0.39, 0.29) is 12.4 Å². The van der Waals surface area contributed by atoms with Crippen LogP contribution >= 0.6 is 0 Å². The van der Waals surface area contributed by atoms with E-state index in [1.54, 1.807) is 0 Å². The number of aliphatic hydroxyl groups excluding tert-OH is 1. The Morgan fingerprint density at radius 2 is 2.25 bits per heavy atom. The first-order valence-electron chi connectivity index (χ1n) is 3.62. The Hall–Kier alpha value is -1.22. The molecule has 0 amide bonds. The molecule has 2 nitrogen and oxygen atoms in total. The van der Waals surface area contributed by atoms with Crippen LogP contribution < -0.4 is 0 Å². The highest BCUT2D eigenvalue weighted by molar-refractivity contribution is 5.77. The molecule has 0 saturated heterocycles. The van der Waals surface area contributed by atoms with Crippen LogP contribution in [0.2, 0.25) is 0 Å². The number of aldehydes is 1. The second kappa shape index (κ2) is 3.97. The van der Waals surface area contributed by atoms with Crippen LogP contribution in [0.15, 0.2) is 18.2 Å². The van der Waals surface area contributed by atoms with Crippen LogP contribution in [0.25, 0.3) is 0 Å². The van der Waals surface area contributed by atoms with E-state index in [4.69, 9.17) is 5.11 Å². The molecular formula is C9H9FO2. The molecule has 1 N–H and O–H groups in total. The lowest BCUT2D eigenvalue weighted by atomic mass is 10.1. The second-order valence-electron chi connectivity index (χ2n) is 2.43. The number of aliphatic hydroxyl groups is 1. The van der Waals surface area contributed by atoms with Crippen molar-refractivity contribution >= 4 is 6.29 Å². The molecule has 0 atom stereocenters. The van der Waals surface area contributed by atoms with Crippen LogP contribution in [-0.4, -0.2) is 18.0 Å². The number of hydrogen-bond acceptors (Lipinski definition) is 2. The molecule has 0 bridgehead atoms. The summed E-state index contributed by atoms with van der Waals surface area (Å²) in [6.45, 7) is -0.0791. The van der Waals surface area contributed by atoms with E-state index in [0.717, 1.165) is 0 Å². The van der Waals surface area contributed by atoms with Crippen LogP contribution in [0.1, 0.15) is 15.9 Å². The van der Waals surface area contributed by atoms with Gasteiger partial charge >= 0.3 is 0 Å². The molecule has 0 aromatic heterocycles. The molecule has 0 fully saturated rings. The third kappa shape index (κ3) is 1.89. The summed E-state index contributed by atoms with van der Waals surface area (Å²) < 4.78 is 12.6. The maximum atomic E-state index is 12.6. The van der Waals surface area contributed by atoms with Crippen molar-refractivity contribution < 1.29 is 14.3 Å². The molecule has 3 heteroatoms. The first-order chi connectivity index (χ1) is 5.77. The van der Waals surface area contributed by atoms with E-state index < -0.39 is 0 Å². The monoisotopic (exact) mass is 168 g/mol. The number of benzene rings is 1. The second-order valence-corrected chi connectivity index (χ2v) is 2.43. The summed E-state index contributed by atoms with van der Waals surface area (Å²) in [6.07, 6.45) is 0.969. The fraction of sp³-hybridized carbons (Fsp3) is 0.222. The average molecular weight is 168 g/mol. The van der Waals surface area contributed by atoms with E-state index in [0.29, 0.717) is 23.8 Å². The third-order valence-electron chi connectivity index (χ3n) is 1.61. The minimum Gasteiger partial charge on any atom is -0.396 e. The van der Waals surface area contributed by atoms with E-state index >= 15 is 0 Å². The molecule has 0 radical (unpaired) electrons. The van der Waals surface area contributed by atoms with Gasteiger partial charge in [0.1, 0.15) is 12.1 Å². The molecule has 0 aliphatic carbocycles. The smallest absolute Gasteiger partial charge is 0.150 e. The van der Waals surface area contributed by atoms with Crippen molar-refractivity contribution in [2.75, 3.05) is 6.61 Å². The van der Waals surface area contributed by atoms with Crippen molar-refractivity contribution in [3.05, 3.63) is 35.1 Å². The van der Waals surface area contributed by atoms with Crippen molar-refractivity contribution in [2.24, 2.45) is 0 Å². The molecule has 1 aromatic carbocycles. The van der Waals surface area contributed by atoms with Crippen molar-refractivity contribution in [1.29, 1.82) is 0 Å². The number of halogens is 1. The topological polar surface area (TPSA) is 37.3 Å². The van der Waals surface area contributed by atoms with Crippen LogP contribution in [-0.2, 0) is 6.42 Å². The van der Waals surface area contributed by atoms with Crippen LogP contribution in [0.3, 0.4) is 0 Å². The SMILES string of the molecule is O=Cc1ccc(F)cc1CCO. The average Bonchev–Trinajstić information content (AvgIpc) is 2.05. The molecule has 0 unspecified atom stereocenters. The molecule has 1 aromatic rings. The van der Waals surface area contributed by atoms with Gasteiger partial charge in [0.25, 0.3) is 0 Å². The Kier molecular flexibility index (Phi) is 2.94. The minimum absolute atomic E-state index is 0.0791. The summed E-state index contributed by atoms with van der Waals surface area (Å²) in [5, 5.41) is 8.59. The minimum atomic E-state index is -0.385. The summed E-state index contributed by atoms with van der Waals surface area (Å²) in [4.78, 5) is 10.4. The van der Waals surface area contributed by atoms with E-state index in [1.807, 2.05) is 0 Å². The molecule has 0 aliphatic rings. The Bertz CT molecular complexity index is 284. The number of carbonyl (C=O) groups is 1. The number of carbonyl (C=O) groups excluding carboxylic acids is 1. The van der Waals surface area contributed by atoms with E-state index in [9.17, 15) is 9.18 Å². The highest BCUT2D eigenvalue weighted by atomic mass is 19.1. The summed E-state index contributed by atoms with van der Waals surface area (Å²) in [6, 6.07) is 3.90. The summed E-state index contributed by atoms with van der Waals surface area (Å²) in [5.74, 6) is -0.385. The van der Waals surface area contributed by atoms with Crippen molar-refractivity contribution in [3.8, 4) is 0 Å². The lowest BCUT2D eigenvalue weighted by molar-refractivity contribution is 0.112. The molecule has 64 valence electrons. The Morgan fingerprint density at radius 1 is 1.50 bits per heavy atom. The molecule has 0 aliphatic heterocycles. The molecule has 0 spiro atoms. The largest absolute Gasteiger partial charge is 0.396 e. The highest BCUT2D eigenvalue weighted by Crippen LogP contribution is 2.09. The summed E-state index contributed by atoms with van der Waals surface area (Å²) >= 11 is 0. The highest BCUT2D eigenvalue weighted by Gasteiger charge is 2.01. The van der Waals surface area contributed by atoms with Crippen LogP contribution in [0.4, 0.5) is 4.39 Å². The Labute approximate surface area is 69.6 Å². The van der Waals surface area contributed by atoms with Gasteiger partial charge in [-0.2, -0.15) is 0 Å². The standard InChI is InChI=1S/C9H9FO2/c10-9-2-1-8(6-12)7(5-9)3-4-11/h1-2,5-6,11H,3-4H2. The Balaban J connectivity index is 3.03. The quantitative estimate of drug-likeness (QED) is 0.688. The van der Waals surface area contributed by atoms with Gasteiger partial charge in [0.15, 0.2) is 0 Å². The molecule has 0 saturated carbocycles. The van der Waals surface area contributed by atoms with E-state index in [2.05, 4.69) is 0 Å². The van der Waals surface area contributed by atoms with Gasteiger partial charge in [-0.05, 0) is 30.2 Å². The van der Waals surface area contributed by atoms with Crippen molar-refractivity contribution in [3.63, 3.8) is 0 Å². The van der Waals surface area contributed by atoms with Gasteiger partial charge in [0.05, 0.1) is 0 Å². The fourth-order valence-corrected chi connectivity index (χ4v) is 1.03. The van der Waals surface area contributed by atoms with Gasteiger partial charge in [-0.1, -0.05) is 0 Å². The normalized spacial score (nSPS) is 9.83. The maximum Gasteiger partial charge on any atom is 0.150 e. The van der Waals surface area contributed by atoms with Gasteiger partial charge in [0, 0.05) is 12.2 Å². The first kappa shape index (κ1) is 8.87. The predicted octanol–water partition coefficient (Wildman–Crippen LogP) is 1.17. The molecule has 1 rings (SSSR count). The molecule has 0 heterocycles. The van der Waals surface area contributed by atoms with Crippen molar-refractivity contribution in [2.45, 2.75) is 6.42 Å².